The predicted octanol–water partition coefficient (Wildman–Crippen LogP) is 3.50. The third kappa shape index (κ3) is 4.63. The molecule has 2 nitrogen and oxygen atoms in total. The van der Waals surface area contributed by atoms with Gasteiger partial charge in [0.25, 0.3) is 0 Å². The van der Waals surface area contributed by atoms with Gasteiger partial charge in [0.15, 0.2) is 0 Å². The third-order valence-electron chi connectivity index (χ3n) is 3.61. The van der Waals surface area contributed by atoms with Gasteiger partial charge in [0.2, 0.25) is 0 Å². The summed E-state index contributed by atoms with van der Waals surface area (Å²) in [5.41, 5.74) is 0.651. The van der Waals surface area contributed by atoms with Gasteiger partial charge in [-0.2, -0.15) is 13.2 Å². The lowest BCUT2D eigenvalue weighted by Gasteiger charge is -2.25. The summed E-state index contributed by atoms with van der Waals surface area (Å²) in [5.74, 6) is 0.308. The summed E-state index contributed by atoms with van der Waals surface area (Å²) in [6, 6.07) is 1.77. The monoisotopic (exact) mass is 284 g/mol. The maximum absolute atomic E-state index is 13.1. The van der Waals surface area contributed by atoms with Crippen LogP contribution >= 0.6 is 0 Å². The van der Waals surface area contributed by atoms with Crippen molar-refractivity contribution in [2.45, 2.75) is 37.9 Å². The normalized spacial score (nSPS) is 20.9. The molecule has 20 heavy (non-hydrogen) atoms. The molecule has 0 spiro atoms. The third-order valence-corrected chi connectivity index (χ3v) is 3.61. The number of allylic oxidation sites excluding steroid dienone is 2. The highest BCUT2D eigenvalue weighted by atomic mass is 19.4. The number of hydrogen-bond donors (Lipinski definition) is 1. The highest BCUT2D eigenvalue weighted by Gasteiger charge is 2.39. The number of rotatable bonds is 5. The largest absolute Gasteiger partial charge is 0.404 e. The van der Waals surface area contributed by atoms with Gasteiger partial charge in [-0.25, -0.2) is 0 Å². The minimum atomic E-state index is -4.23. The SMILES string of the molecule is FC(F)(F)C(Cc1ccncc1)NCC1CC=CCC1. The van der Waals surface area contributed by atoms with Crippen molar-refractivity contribution in [3.8, 4) is 0 Å². The number of hydrogen-bond acceptors (Lipinski definition) is 2. The van der Waals surface area contributed by atoms with Crippen LogP contribution in [-0.2, 0) is 6.42 Å². The average Bonchev–Trinajstić information content (AvgIpc) is 2.44. The molecule has 0 radical (unpaired) electrons. The summed E-state index contributed by atoms with van der Waals surface area (Å²) in [6.07, 6.45) is 5.71. The molecule has 1 aromatic heterocycles. The zero-order valence-electron chi connectivity index (χ0n) is 11.2. The van der Waals surface area contributed by atoms with E-state index in [9.17, 15) is 13.2 Å². The van der Waals surface area contributed by atoms with Gasteiger partial charge in [-0.15, -0.1) is 0 Å². The quantitative estimate of drug-likeness (QED) is 0.837. The second kappa shape index (κ2) is 6.88. The number of nitrogens with zero attached hydrogens (tertiary/aromatic N) is 1. The maximum Gasteiger partial charge on any atom is 0.404 e. The molecule has 0 saturated heterocycles. The van der Waals surface area contributed by atoms with Crippen molar-refractivity contribution < 1.29 is 13.2 Å². The van der Waals surface area contributed by atoms with Crippen LogP contribution < -0.4 is 5.32 Å². The topological polar surface area (TPSA) is 24.9 Å². The number of pyridine rings is 1. The van der Waals surface area contributed by atoms with Crippen LogP contribution in [0.2, 0.25) is 0 Å². The fraction of sp³-hybridized carbons (Fsp3) is 0.533. The second-order valence-corrected chi connectivity index (χ2v) is 5.21. The maximum atomic E-state index is 13.1. The first kappa shape index (κ1) is 15.0. The molecule has 0 amide bonds. The molecular weight excluding hydrogens is 265 g/mol. The standard InChI is InChI=1S/C15H19F3N2/c16-15(17,18)14(10-12-6-8-19-9-7-12)20-11-13-4-2-1-3-5-13/h1-2,6-9,13-14,20H,3-5,10-11H2. The number of alkyl halides is 3. The molecule has 2 unspecified atom stereocenters. The Labute approximate surface area is 117 Å². The van der Waals surface area contributed by atoms with Crippen LogP contribution in [0.3, 0.4) is 0 Å². The van der Waals surface area contributed by atoms with Crippen molar-refractivity contribution in [3.63, 3.8) is 0 Å². The van der Waals surface area contributed by atoms with Crippen LogP contribution in [-0.4, -0.2) is 23.7 Å². The molecule has 2 atom stereocenters. The van der Waals surface area contributed by atoms with Crippen LogP contribution in [0.1, 0.15) is 24.8 Å². The summed E-state index contributed by atoms with van der Waals surface area (Å²) < 4.78 is 39.2. The number of nitrogens with one attached hydrogen (secondary N) is 1. The summed E-state index contributed by atoms with van der Waals surface area (Å²) in [5, 5.41) is 2.70. The molecule has 1 N–H and O–H groups in total. The average molecular weight is 284 g/mol. The van der Waals surface area contributed by atoms with Crippen molar-refractivity contribution in [2.75, 3.05) is 6.54 Å². The van der Waals surface area contributed by atoms with E-state index >= 15 is 0 Å². The summed E-state index contributed by atoms with van der Waals surface area (Å²) >= 11 is 0. The molecule has 0 aromatic carbocycles. The lowest BCUT2D eigenvalue weighted by Crippen LogP contribution is -2.45. The zero-order valence-corrected chi connectivity index (χ0v) is 11.2. The minimum Gasteiger partial charge on any atom is -0.306 e. The van der Waals surface area contributed by atoms with Gasteiger partial charge in [-0.1, -0.05) is 12.2 Å². The molecule has 1 aromatic rings. The summed E-state index contributed by atoms with van der Waals surface area (Å²) in [6.45, 7) is 0.416. The van der Waals surface area contributed by atoms with E-state index in [0.717, 1.165) is 19.3 Å². The molecule has 0 aliphatic heterocycles. The van der Waals surface area contributed by atoms with Crippen LogP contribution in [0.25, 0.3) is 0 Å². The number of aromatic nitrogens is 1. The van der Waals surface area contributed by atoms with Crippen LogP contribution in [0.15, 0.2) is 36.7 Å². The number of halogens is 3. The van der Waals surface area contributed by atoms with Crippen LogP contribution in [0.5, 0.6) is 0 Å². The molecule has 2 rings (SSSR count). The highest BCUT2D eigenvalue weighted by molar-refractivity contribution is 5.12. The fourth-order valence-corrected chi connectivity index (χ4v) is 2.41. The van der Waals surface area contributed by atoms with Gasteiger partial charge >= 0.3 is 6.18 Å². The van der Waals surface area contributed by atoms with E-state index in [0.29, 0.717) is 18.0 Å². The Bertz CT molecular complexity index is 428. The Kier molecular flexibility index (Phi) is 5.17. The van der Waals surface area contributed by atoms with Crippen molar-refractivity contribution in [1.82, 2.24) is 10.3 Å². The van der Waals surface area contributed by atoms with Gasteiger partial charge in [-0.05, 0) is 55.8 Å². The van der Waals surface area contributed by atoms with E-state index in [2.05, 4.69) is 22.5 Å². The van der Waals surface area contributed by atoms with Crippen molar-refractivity contribution in [3.05, 3.63) is 42.2 Å². The Morgan fingerprint density at radius 1 is 1.25 bits per heavy atom. The molecule has 0 bridgehead atoms. The molecule has 5 heteroatoms. The molecule has 1 aliphatic rings. The molecule has 1 heterocycles. The molecule has 1 aliphatic carbocycles. The fourth-order valence-electron chi connectivity index (χ4n) is 2.41. The molecule has 0 saturated carbocycles. The van der Waals surface area contributed by atoms with Crippen molar-refractivity contribution in [1.29, 1.82) is 0 Å². The Hall–Kier alpha value is -1.36. The Morgan fingerprint density at radius 3 is 2.60 bits per heavy atom. The van der Waals surface area contributed by atoms with E-state index in [1.165, 1.54) is 12.4 Å². The molecular formula is C15H19F3N2. The summed E-state index contributed by atoms with van der Waals surface area (Å²) in [4.78, 5) is 3.83. The van der Waals surface area contributed by atoms with Crippen LogP contribution in [0, 0.1) is 5.92 Å². The first-order chi connectivity index (χ1) is 9.55. The van der Waals surface area contributed by atoms with E-state index < -0.39 is 12.2 Å². The van der Waals surface area contributed by atoms with Crippen molar-refractivity contribution >= 4 is 0 Å². The van der Waals surface area contributed by atoms with Gasteiger partial charge in [0, 0.05) is 12.4 Å². The minimum absolute atomic E-state index is 0.0470. The zero-order chi connectivity index (χ0) is 14.4. The highest BCUT2D eigenvalue weighted by Crippen LogP contribution is 2.24. The second-order valence-electron chi connectivity index (χ2n) is 5.21. The van der Waals surface area contributed by atoms with Gasteiger partial charge in [-0.3, -0.25) is 4.98 Å². The first-order valence-corrected chi connectivity index (χ1v) is 6.89. The Morgan fingerprint density at radius 2 is 2.00 bits per heavy atom. The predicted molar refractivity (Wildman–Crippen MR) is 72.3 cm³/mol. The first-order valence-electron chi connectivity index (χ1n) is 6.89. The molecule has 110 valence electrons. The van der Waals surface area contributed by atoms with Gasteiger partial charge in [0.05, 0.1) is 0 Å². The lowest BCUT2D eigenvalue weighted by molar-refractivity contribution is -0.156. The van der Waals surface area contributed by atoms with E-state index in [1.807, 2.05) is 0 Å². The Balaban J connectivity index is 1.92. The lowest BCUT2D eigenvalue weighted by atomic mass is 9.94. The van der Waals surface area contributed by atoms with Crippen molar-refractivity contribution in [2.24, 2.45) is 5.92 Å². The smallest absolute Gasteiger partial charge is 0.306 e. The van der Waals surface area contributed by atoms with Crippen LogP contribution in [0.4, 0.5) is 13.2 Å². The van der Waals surface area contributed by atoms with Gasteiger partial charge in [0.1, 0.15) is 6.04 Å². The summed E-state index contributed by atoms with van der Waals surface area (Å²) in [7, 11) is 0. The van der Waals surface area contributed by atoms with Gasteiger partial charge < -0.3 is 5.32 Å². The molecule has 0 fully saturated rings. The van der Waals surface area contributed by atoms with E-state index in [1.54, 1.807) is 12.1 Å². The van der Waals surface area contributed by atoms with E-state index in [-0.39, 0.29) is 6.42 Å². The van der Waals surface area contributed by atoms with E-state index in [4.69, 9.17) is 0 Å².